The number of para-hydroxylation sites is 1. The van der Waals surface area contributed by atoms with Crippen molar-refractivity contribution < 1.29 is 9.59 Å². The molecule has 2 aromatic carbocycles. The van der Waals surface area contributed by atoms with Crippen LogP contribution in [-0.4, -0.2) is 31.4 Å². The smallest absolute Gasteiger partial charge is 0.258 e. The van der Waals surface area contributed by atoms with E-state index in [2.05, 4.69) is 19.2 Å². The Kier molecular flexibility index (Phi) is 6.92. The first kappa shape index (κ1) is 19.7. The van der Waals surface area contributed by atoms with Crippen molar-refractivity contribution in [2.75, 3.05) is 18.5 Å². The molecular formula is C21H27N3O2. The SMILES string of the molecule is CC(C)CC(CN)NC(=O)c1cccc(C(=O)N(C)c2ccccc2)c1. The zero-order valence-corrected chi connectivity index (χ0v) is 15.6. The molecule has 2 rings (SSSR count). The number of nitrogens with two attached hydrogens (primary N) is 1. The van der Waals surface area contributed by atoms with Crippen LogP contribution in [-0.2, 0) is 0 Å². The van der Waals surface area contributed by atoms with Crippen molar-refractivity contribution in [3.8, 4) is 0 Å². The van der Waals surface area contributed by atoms with E-state index in [1.165, 1.54) is 0 Å². The molecule has 5 nitrogen and oxygen atoms in total. The van der Waals surface area contributed by atoms with Gasteiger partial charge >= 0.3 is 0 Å². The zero-order chi connectivity index (χ0) is 19.1. The standard InChI is InChI=1S/C21H27N3O2/c1-15(2)12-18(14-22)23-20(25)16-8-7-9-17(13-16)21(26)24(3)19-10-5-4-6-11-19/h4-11,13,15,18H,12,14,22H2,1-3H3,(H,23,25). The summed E-state index contributed by atoms with van der Waals surface area (Å²) >= 11 is 0. The van der Waals surface area contributed by atoms with E-state index in [1.54, 1.807) is 36.2 Å². The minimum atomic E-state index is -0.210. The van der Waals surface area contributed by atoms with Gasteiger partial charge < -0.3 is 16.0 Å². The second-order valence-corrected chi connectivity index (χ2v) is 6.82. The van der Waals surface area contributed by atoms with Crippen LogP contribution < -0.4 is 16.0 Å². The molecule has 138 valence electrons. The van der Waals surface area contributed by atoms with Crippen molar-refractivity contribution in [3.05, 3.63) is 65.7 Å². The van der Waals surface area contributed by atoms with Crippen molar-refractivity contribution in [1.82, 2.24) is 5.32 Å². The van der Waals surface area contributed by atoms with Crippen molar-refractivity contribution in [3.63, 3.8) is 0 Å². The summed E-state index contributed by atoms with van der Waals surface area (Å²) < 4.78 is 0. The van der Waals surface area contributed by atoms with E-state index in [-0.39, 0.29) is 17.9 Å². The molecule has 0 aromatic heterocycles. The van der Waals surface area contributed by atoms with E-state index in [0.29, 0.717) is 23.6 Å². The minimum absolute atomic E-state index is 0.0751. The van der Waals surface area contributed by atoms with Crippen LogP contribution in [0.3, 0.4) is 0 Å². The molecular weight excluding hydrogens is 326 g/mol. The average Bonchev–Trinajstić information content (AvgIpc) is 2.66. The number of nitrogens with zero attached hydrogens (tertiary/aromatic N) is 1. The molecule has 0 radical (unpaired) electrons. The highest BCUT2D eigenvalue weighted by molar-refractivity contribution is 6.07. The lowest BCUT2D eigenvalue weighted by Crippen LogP contribution is -2.41. The van der Waals surface area contributed by atoms with E-state index < -0.39 is 0 Å². The monoisotopic (exact) mass is 353 g/mol. The molecule has 0 spiro atoms. The van der Waals surface area contributed by atoms with Gasteiger partial charge in [-0.15, -0.1) is 0 Å². The van der Waals surface area contributed by atoms with E-state index in [9.17, 15) is 9.59 Å². The Morgan fingerprint density at radius 1 is 1.04 bits per heavy atom. The fourth-order valence-corrected chi connectivity index (χ4v) is 2.81. The second-order valence-electron chi connectivity index (χ2n) is 6.82. The molecule has 5 heteroatoms. The molecule has 0 saturated carbocycles. The normalized spacial score (nSPS) is 11.9. The molecule has 0 saturated heterocycles. The number of nitrogens with one attached hydrogen (secondary N) is 1. The fraction of sp³-hybridized carbons (Fsp3) is 0.333. The number of carbonyl (C=O) groups excluding carboxylic acids is 2. The maximum Gasteiger partial charge on any atom is 0.258 e. The van der Waals surface area contributed by atoms with Crippen molar-refractivity contribution in [2.24, 2.45) is 11.7 Å². The maximum atomic E-state index is 12.7. The molecule has 1 unspecified atom stereocenters. The number of amides is 2. The summed E-state index contributed by atoms with van der Waals surface area (Å²) in [6.07, 6.45) is 0.817. The lowest BCUT2D eigenvalue weighted by Gasteiger charge is -2.20. The van der Waals surface area contributed by atoms with Crippen molar-refractivity contribution >= 4 is 17.5 Å². The van der Waals surface area contributed by atoms with Gasteiger partial charge in [-0.25, -0.2) is 0 Å². The van der Waals surface area contributed by atoms with Gasteiger partial charge in [-0.2, -0.15) is 0 Å². The second kappa shape index (κ2) is 9.15. The highest BCUT2D eigenvalue weighted by Gasteiger charge is 2.17. The van der Waals surface area contributed by atoms with Crippen LogP contribution >= 0.6 is 0 Å². The third-order valence-electron chi connectivity index (χ3n) is 4.20. The lowest BCUT2D eigenvalue weighted by molar-refractivity contribution is 0.0933. The molecule has 2 aromatic rings. The highest BCUT2D eigenvalue weighted by atomic mass is 16.2. The number of hydrogen-bond acceptors (Lipinski definition) is 3. The van der Waals surface area contributed by atoms with Gasteiger partial charge in [0, 0.05) is 36.4 Å². The molecule has 0 bridgehead atoms. The van der Waals surface area contributed by atoms with Gasteiger partial charge in [-0.3, -0.25) is 9.59 Å². The van der Waals surface area contributed by atoms with E-state index >= 15 is 0 Å². The van der Waals surface area contributed by atoms with Gasteiger partial charge in [0.05, 0.1) is 0 Å². The van der Waals surface area contributed by atoms with Gasteiger partial charge in [-0.05, 0) is 42.7 Å². The van der Waals surface area contributed by atoms with Crippen LogP contribution in [0.5, 0.6) is 0 Å². The van der Waals surface area contributed by atoms with Gasteiger partial charge in [-0.1, -0.05) is 38.1 Å². The number of carbonyl (C=O) groups is 2. The van der Waals surface area contributed by atoms with Crippen LogP contribution in [0, 0.1) is 5.92 Å². The first-order chi connectivity index (χ1) is 12.4. The Bertz CT molecular complexity index is 744. The predicted octanol–water partition coefficient (Wildman–Crippen LogP) is 3.07. The highest BCUT2D eigenvalue weighted by Crippen LogP contribution is 2.16. The number of rotatable bonds is 7. The quantitative estimate of drug-likeness (QED) is 0.803. The Morgan fingerprint density at radius 2 is 1.69 bits per heavy atom. The minimum Gasteiger partial charge on any atom is -0.348 e. The van der Waals surface area contributed by atoms with E-state index in [0.717, 1.165) is 12.1 Å². The summed E-state index contributed by atoms with van der Waals surface area (Å²) in [4.78, 5) is 26.8. The van der Waals surface area contributed by atoms with Crippen LogP contribution in [0.4, 0.5) is 5.69 Å². The molecule has 0 heterocycles. The first-order valence-corrected chi connectivity index (χ1v) is 8.86. The average molecular weight is 353 g/mol. The summed E-state index contributed by atoms with van der Waals surface area (Å²) in [7, 11) is 1.72. The van der Waals surface area contributed by atoms with E-state index in [1.807, 2.05) is 30.3 Å². The van der Waals surface area contributed by atoms with Gasteiger partial charge in [0.25, 0.3) is 11.8 Å². The zero-order valence-electron chi connectivity index (χ0n) is 15.6. The molecule has 0 fully saturated rings. The van der Waals surface area contributed by atoms with Crippen LogP contribution in [0.2, 0.25) is 0 Å². The number of hydrogen-bond donors (Lipinski definition) is 2. The van der Waals surface area contributed by atoms with Crippen LogP contribution in [0.1, 0.15) is 41.0 Å². The molecule has 2 amide bonds. The summed E-state index contributed by atoms with van der Waals surface area (Å²) in [5, 5.41) is 2.95. The summed E-state index contributed by atoms with van der Waals surface area (Å²) in [6.45, 7) is 4.57. The van der Waals surface area contributed by atoms with Gasteiger partial charge in [0.1, 0.15) is 0 Å². The van der Waals surface area contributed by atoms with Crippen molar-refractivity contribution in [2.45, 2.75) is 26.3 Å². The fourth-order valence-electron chi connectivity index (χ4n) is 2.81. The Hall–Kier alpha value is -2.66. The van der Waals surface area contributed by atoms with Gasteiger partial charge in [0.2, 0.25) is 0 Å². The molecule has 1 atom stereocenters. The van der Waals surface area contributed by atoms with E-state index in [4.69, 9.17) is 5.73 Å². The molecule has 0 aliphatic carbocycles. The Balaban J connectivity index is 2.14. The first-order valence-electron chi connectivity index (χ1n) is 8.86. The third-order valence-corrected chi connectivity index (χ3v) is 4.20. The molecule has 3 N–H and O–H groups in total. The number of benzene rings is 2. The molecule has 0 aliphatic heterocycles. The third kappa shape index (κ3) is 5.17. The van der Waals surface area contributed by atoms with Crippen LogP contribution in [0.25, 0.3) is 0 Å². The Labute approximate surface area is 155 Å². The topological polar surface area (TPSA) is 75.4 Å². The maximum absolute atomic E-state index is 12.7. The number of anilines is 1. The summed E-state index contributed by atoms with van der Waals surface area (Å²) in [6, 6.07) is 16.1. The van der Waals surface area contributed by atoms with Crippen LogP contribution in [0.15, 0.2) is 54.6 Å². The Morgan fingerprint density at radius 3 is 2.31 bits per heavy atom. The predicted molar refractivity (Wildman–Crippen MR) is 105 cm³/mol. The van der Waals surface area contributed by atoms with Crippen molar-refractivity contribution in [1.29, 1.82) is 0 Å². The summed E-state index contributed by atoms with van der Waals surface area (Å²) in [5.41, 5.74) is 7.48. The molecule has 0 aliphatic rings. The largest absolute Gasteiger partial charge is 0.348 e. The molecule has 26 heavy (non-hydrogen) atoms. The summed E-state index contributed by atoms with van der Waals surface area (Å²) in [5.74, 6) is 0.0674. The van der Waals surface area contributed by atoms with Gasteiger partial charge in [0.15, 0.2) is 0 Å². The lowest BCUT2D eigenvalue weighted by atomic mass is 10.0.